The van der Waals surface area contributed by atoms with Crippen molar-refractivity contribution in [1.29, 1.82) is 0 Å². The largest absolute Gasteiger partial charge is 0.354 e. The molecule has 0 fully saturated rings. The highest BCUT2D eigenvalue weighted by molar-refractivity contribution is 6.30. The maximum atomic E-state index is 12.0. The second kappa shape index (κ2) is 8.11. The van der Waals surface area contributed by atoms with E-state index >= 15 is 0 Å². The molecule has 0 saturated carbocycles. The van der Waals surface area contributed by atoms with Crippen LogP contribution in [0.2, 0.25) is 5.02 Å². The average molecular weight is 336 g/mol. The van der Waals surface area contributed by atoms with Crippen LogP contribution in [0.4, 0.5) is 0 Å². The third kappa shape index (κ3) is 5.36. The molecule has 2 amide bonds. The van der Waals surface area contributed by atoms with Crippen molar-refractivity contribution in [3.8, 4) is 0 Å². The van der Waals surface area contributed by atoms with E-state index in [1.807, 2.05) is 12.1 Å². The number of rotatable bonds is 6. The van der Waals surface area contributed by atoms with Gasteiger partial charge in [0.15, 0.2) is 0 Å². The molecule has 6 heteroatoms. The van der Waals surface area contributed by atoms with Crippen molar-refractivity contribution < 1.29 is 9.59 Å². The molecular weight excluding hydrogens is 314 g/mol. The number of carbonyl (C=O) groups is 2. The molecule has 1 aliphatic rings. The summed E-state index contributed by atoms with van der Waals surface area (Å²) in [6.45, 7) is 4.78. The van der Waals surface area contributed by atoms with E-state index in [-0.39, 0.29) is 18.4 Å². The molecule has 1 aromatic rings. The van der Waals surface area contributed by atoms with Gasteiger partial charge in [-0.25, -0.2) is 5.01 Å². The molecule has 5 nitrogen and oxygen atoms in total. The number of hydrogen-bond acceptors (Lipinski definition) is 3. The standard InChI is InChI=1S/C17H22ClN3O2/c1-12(2)9-10-19-16(22)11-21-17(23)8-7-15(20-21)13-3-5-14(18)6-4-13/h3-6,12H,7-11H2,1-2H3,(H,19,22). The second-order valence-electron chi connectivity index (χ2n) is 6.04. The van der Waals surface area contributed by atoms with Gasteiger partial charge in [-0.15, -0.1) is 0 Å². The molecule has 0 saturated heterocycles. The van der Waals surface area contributed by atoms with Crippen molar-refractivity contribution in [1.82, 2.24) is 10.3 Å². The summed E-state index contributed by atoms with van der Waals surface area (Å²) in [5, 5.41) is 9.08. The van der Waals surface area contributed by atoms with Gasteiger partial charge in [0.2, 0.25) is 11.8 Å². The van der Waals surface area contributed by atoms with Crippen LogP contribution in [0.25, 0.3) is 0 Å². The van der Waals surface area contributed by atoms with Crippen LogP contribution in [0, 0.1) is 5.92 Å². The van der Waals surface area contributed by atoms with Crippen LogP contribution in [0.5, 0.6) is 0 Å². The lowest BCUT2D eigenvalue weighted by atomic mass is 10.0. The molecule has 1 aliphatic heterocycles. The lowest BCUT2D eigenvalue weighted by molar-refractivity contribution is -0.136. The van der Waals surface area contributed by atoms with Crippen LogP contribution in [-0.2, 0) is 9.59 Å². The van der Waals surface area contributed by atoms with Gasteiger partial charge in [-0.3, -0.25) is 9.59 Å². The van der Waals surface area contributed by atoms with E-state index in [1.54, 1.807) is 12.1 Å². The Kier molecular flexibility index (Phi) is 6.16. The first-order chi connectivity index (χ1) is 11.0. The van der Waals surface area contributed by atoms with E-state index in [9.17, 15) is 9.59 Å². The summed E-state index contributed by atoms with van der Waals surface area (Å²) in [6, 6.07) is 7.33. The zero-order valence-electron chi connectivity index (χ0n) is 13.5. The van der Waals surface area contributed by atoms with E-state index < -0.39 is 0 Å². The van der Waals surface area contributed by atoms with E-state index in [0.29, 0.717) is 30.3 Å². The molecule has 1 aromatic carbocycles. The van der Waals surface area contributed by atoms with Gasteiger partial charge in [0.1, 0.15) is 6.54 Å². The van der Waals surface area contributed by atoms with Gasteiger partial charge in [0.05, 0.1) is 5.71 Å². The molecule has 2 rings (SSSR count). The molecule has 1 heterocycles. The highest BCUT2D eigenvalue weighted by atomic mass is 35.5. The summed E-state index contributed by atoms with van der Waals surface area (Å²) in [5.41, 5.74) is 1.73. The molecule has 0 bridgehead atoms. The number of halogens is 1. The minimum absolute atomic E-state index is 0.0337. The van der Waals surface area contributed by atoms with E-state index in [1.165, 1.54) is 5.01 Å². The van der Waals surface area contributed by atoms with E-state index in [2.05, 4.69) is 24.3 Å². The first-order valence-electron chi connectivity index (χ1n) is 7.86. The van der Waals surface area contributed by atoms with Crippen LogP contribution in [-0.4, -0.2) is 35.6 Å². The fourth-order valence-electron chi connectivity index (χ4n) is 2.27. The van der Waals surface area contributed by atoms with Crippen LogP contribution >= 0.6 is 11.6 Å². The molecule has 23 heavy (non-hydrogen) atoms. The number of hydrogen-bond donors (Lipinski definition) is 1. The summed E-state index contributed by atoms with van der Waals surface area (Å²) < 4.78 is 0. The quantitative estimate of drug-likeness (QED) is 0.869. The number of carbonyl (C=O) groups excluding carboxylic acids is 2. The third-order valence-corrected chi connectivity index (χ3v) is 3.87. The van der Waals surface area contributed by atoms with Crippen LogP contribution in [0.3, 0.4) is 0 Å². The summed E-state index contributed by atoms with van der Waals surface area (Å²) in [7, 11) is 0. The first kappa shape index (κ1) is 17.5. The molecule has 0 radical (unpaired) electrons. The van der Waals surface area contributed by atoms with Gasteiger partial charge in [-0.1, -0.05) is 37.6 Å². The number of benzene rings is 1. The van der Waals surface area contributed by atoms with Gasteiger partial charge in [-0.05, 0) is 30.0 Å². The first-order valence-corrected chi connectivity index (χ1v) is 8.24. The SMILES string of the molecule is CC(C)CCNC(=O)CN1N=C(c2ccc(Cl)cc2)CCC1=O. The molecule has 124 valence electrons. The Balaban J connectivity index is 1.99. The highest BCUT2D eigenvalue weighted by Gasteiger charge is 2.23. The summed E-state index contributed by atoms with van der Waals surface area (Å²) >= 11 is 5.88. The van der Waals surface area contributed by atoms with Gasteiger partial charge < -0.3 is 5.32 Å². The minimum Gasteiger partial charge on any atom is -0.354 e. The van der Waals surface area contributed by atoms with Crippen molar-refractivity contribution in [3.63, 3.8) is 0 Å². The lowest BCUT2D eigenvalue weighted by Gasteiger charge is -2.23. The number of hydrazone groups is 1. The Bertz CT molecular complexity index is 596. The van der Waals surface area contributed by atoms with Crippen molar-refractivity contribution in [2.24, 2.45) is 11.0 Å². The predicted molar refractivity (Wildman–Crippen MR) is 91.4 cm³/mol. The zero-order chi connectivity index (χ0) is 16.8. The maximum absolute atomic E-state index is 12.0. The normalized spacial score (nSPS) is 14.9. The van der Waals surface area contributed by atoms with Crippen molar-refractivity contribution in [3.05, 3.63) is 34.9 Å². The molecule has 0 atom stereocenters. The molecule has 0 aliphatic carbocycles. The Morgan fingerprint density at radius 3 is 2.65 bits per heavy atom. The van der Waals surface area contributed by atoms with Crippen molar-refractivity contribution >= 4 is 29.1 Å². The Labute approximate surface area is 141 Å². The fourth-order valence-corrected chi connectivity index (χ4v) is 2.39. The van der Waals surface area contributed by atoms with Crippen LogP contribution in [0.1, 0.15) is 38.7 Å². The summed E-state index contributed by atoms with van der Waals surface area (Å²) in [6.07, 6.45) is 1.85. The molecule has 0 unspecified atom stereocenters. The van der Waals surface area contributed by atoms with E-state index in [4.69, 9.17) is 11.6 Å². The monoisotopic (exact) mass is 335 g/mol. The van der Waals surface area contributed by atoms with Gasteiger partial charge in [0, 0.05) is 24.4 Å². The zero-order valence-corrected chi connectivity index (χ0v) is 14.3. The van der Waals surface area contributed by atoms with E-state index in [0.717, 1.165) is 17.7 Å². The van der Waals surface area contributed by atoms with Gasteiger partial charge in [0.25, 0.3) is 0 Å². The molecular formula is C17H22ClN3O2. The number of nitrogens with zero attached hydrogens (tertiary/aromatic N) is 2. The lowest BCUT2D eigenvalue weighted by Crippen LogP contribution is -2.40. The molecule has 1 N–H and O–H groups in total. The van der Waals surface area contributed by atoms with Gasteiger partial charge in [-0.2, -0.15) is 5.10 Å². The average Bonchev–Trinajstić information content (AvgIpc) is 2.50. The third-order valence-electron chi connectivity index (χ3n) is 3.62. The fraction of sp³-hybridized carbons (Fsp3) is 0.471. The predicted octanol–water partition coefficient (Wildman–Crippen LogP) is 2.83. The van der Waals surface area contributed by atoms with Crippen molar-refractivity contribution in [2.45, 2.75) is 33.1 Å². The Hall–Kier alpha value is -1.88. The Morgan fingerprint density at radius 2 is 2.00 bits per heavy atom. The summed E-state index contributed by atoms with van der Waals surface area (Å²) in [5.74, 6) is 0.225. The minimum atomic E-state index is -0.180. The smallest absolute Gasteiger partial charge is 0.243 e. The van der Waals surface area contributed by atoms with Crippen LogP contribution < -0.4 is 5.32 Å². The van der Waals surface area contributed by atoms with Crippen molar-refractivity contribution in [2.75, 3.05) is 13.1 Å². The topological polar surface area (TPSA) is 61.8 Å². The number of amides is 2. The van der Waals surface area contributed by atoms with Gasteiger partial charge >= 0.3 is 0 Å². The Morgan fingerprint density at radius 1 is 1.30 bits per heavy atom. The summed E-state index contributed by atoms with van der Waals surface area (Å²) in [4.78, 5) is 23.9. The maximum Gasteiger partial charge on any atom is 0.243 e. The molecule has 0 spiro atoms. The highest BCUT2D eigenvalue weighted by Crippen LogP contribution is 2.17. The number of nitrogens with one attached hydrogen (secondary N) is 1. The van der Waals surface area contributed by atoms with Crippen LogP contribution in [0.15, 0.2) is 29.4 Å². The second-order valence-corrected chi connectivity index (χ2v) is 6.47. The molecule has 0 aromatic heterocycles.